The lowest BCUT2D eigenvalue weighted by Crippen LogP contribution is -1.98. The first-order valence-electron chi connectivity index (χ1n) is 6.70. The maximum absolute atomic E-state index is 11.1. The van der Waals surface area contributed by atoms with Crippen molar-refractivity contribution in [3.05, 3.63) is 61.3 Å². The van der Waals surface area contributed by atoms with E-state index in [0.29, 0.717) is 6.42 Å². The van der Waals surface area contributed by atoms with Crippen LogP contribution >= 0.6 is 39.0 Å². The summed E-state index contributed by atoms with van der Waals surface area (Å²) < 4.78 is 0. The third-order valence-electron chi connectivity index (χ3n) is 3.54. The van der Waals surface area contributed by atoms with Crippen LogP contribution in [-0.2, 0) is 18.6 Å². The minimum atomic E-state index is -0.300. The molecule has 2 heterocycles. The first-order valence-corrected chi connectivity index (χ1v) is 9.59. The lowest BCUT2D eigenvalue weighted by molar-refractivity contribution is -0.385. The molecule has 1 aromatic carbocycles. The van der Waals surface area contributed by atoms with Crippen molar-refractivity contribution in [2.75, 3.05) is 5.75 Å². The number of nitro benzene ring substituents is 1. The summed E-state index contributed by atoms with van der Waals surface area (Å²) in [6.45, 7) is 0. The largest absolute Gasteiger partial charge is 0.272 e. The number of hydrogen-bond donors (Lipinski definition) is 0. The summed E-state index contributed by atoms with van der Waals surface area (Å²) in [7, 11) is 0. The van der Waals surface area contributed by atoms with Crippen LogP contribution < -0.4 is 0 Å². The van der Waals surface area contributed by atoms with Crippen LogP contribution in [0.1, 0.15) is 25.7 Å². The van der Waals surface area contributed by atoms with Gasteiger partial charge in [-0.2, -0.15) is 11.8 Å². The normalized spacial score (nSPS) is 15.5. The van der Waals surface area contributed by atoms with E-state index < -0.39 is 0 Å². The monoisotopic (exact) mass is 383 g/mol. The van der Waals surface area contributed by atoms with Gasteiger partial charge in [0.05, 0.1) is 9.75 Å². The summed E-state index contributed by atoms with van der Waals surface area (Å²) in [4.78, 5) is 13.7. The Morgan fingerprint density at radius 3 is 2.95 bits per heavy atom. The number of nitro groups is 1. The molecule has 0 amide bonds. The number of aryl methyl sites for hydroxylation is 1. The Kier molecular flexibility index (Phi) is 4.66. The molecular formula is C15H14BrNO2S2. The van der Waals surface area contributed by atoms with Crippen molar-refractivity contribution >= 4 is 44.7 Å². The predicted octanol–water partition coefficient (Wildman–Crippen LogP) is 5.12. The highest BCUT2D eigenvalue weighted by Gasteiger charge is 2.21. The molecule has 0 aliphatic carbocycles. The molecule has 1 aromatic heterocycles. The van der Waals surface area contributed by atoms with Crippen LogP contribution in [0.4, 0.5) is 5.69 Å². The number of thiophene rings is 1. The Morgan fingerprint density at radius 1 is 1.38 bits per heavy atom. The molecule has 1 atom stereocenters. The average Bonchev–Trinajstić information content (AvgIpc) is 2.91. The average molecular weight is 384 g/mol. The van der Waals surface area contributed by atoms with Crippen molar-refractivity contribution in [3.63, 3.8) is 0 Å². The van der Waals surface area contributed by atoms with Gasteiger partial charge in [0.2, 0.25) is 0 Å². The quantitative estimate of drug-likeness (QED) is 0.417. The van der Waals surface area contributed by atoms with Gasteiger partial charge in [-0.3, -0.25) is 10.1 Å². The van der Waals surface area contributed by atoms with E-state index in [4.69, 9.17) is 0 Å². The van der Waals surface area contributed by atoms with E-state index in [2.05, 4.69) is 22.0 Å². The molecule has 0 radical (unpaired) electrons. The van der Waals surface area contributed by atoms with Gasteiger partial charge in [-0.15, -0.1) is 11.3 Å². The first kappa shape index (κ1) is 15.1. The van der Waals surface area contributed by atoms with Gasteiger partial charge >= 0.3 is 0 Å². The fourth-order valence-corrected chi connectivity index (χ4v) is 5.60. The van der Waals surface area contributed by atoms with Crippen LogP contribution in [0.2, 0.25) is 0 Å². The first-order chi connectivity index (χ1) is 10.1. The number of para-hydroxylation sites is 1. The lowest BCUT2D eigenvalue weighted by atomic mass is 10.1. The fraction of sp³-hybridized carbons (Fsp3) is 0.333. The number of halogens is 1. The van der Waals surface area contributed by atoms with Gasteiger partial charge in [0, 0.05) is 27.1 Å². The summed E-state index contributed by atoms with van der Waals surface area (Å²) >= 11 is 7.54. The van der Waals surface area contributed by atoms with Crippen LogP contribution in [0.15, 0.2) is 30.3 Å². The second-order valence-electron chi connectivity index (χ2n) is 4.96. The zero-order valence-corrected chi connectivity index (χ0v) is 14.5. The summed E-state index contributed by atoms with van der Waals surface area (Å²) in [6.07, 6.45) is 1.79. The molecule has 110 valence electrons. The van der Waals surface area contributed by atoms with E-state index in [1.165, 1.54) is 21.1 Å². The summed E-state index contributed by atoms with van der Waals surface area (Å²) in [5, 5.41) is 11.1. The Hall–Kier alpha value is -0.850. The zero-order valence-electron chi connectivity index (χ0n) is 11.3. The van der Waals surface area contributed by atoms with Crippen LogP contribution in [0.3, 0.4) is 0 Å². The summed E-state index contributed by atoms with van der Waals surface area (Å²) in [6, 6.07) is 9.26. The molecule has 0 spiro atoms. The van der Waals surface area contributed by atoms with Gasteiger partial charge in [-0.05, 0) is 30.2 Å². The molecule has 1 aliphatic heterocycles. The van der Waals surface area contributed by atoms with E-state index >= 15 is 0 Å². The van der Waals surface area contributed by atoms with Gasteiger partial charge < -0.3 is 0 Å². The van der Waals surface area contributed by atoms with Crippen LogP contribution in [0.5, 0.6) is 0 Å². The minimum absolute atomic E-state index is 0.138. The second kappa shape index (κ2) is 6.50. The maximum Gasteiger partial charge on any atom is 0.272 e. The van der Waals surface area contributed by atoms with E-state index in [1.54, 1.807) is 12.1 Å². The molecule has 0 fully saturated rings. The van der Waals surface area contributed by atoms with E-state index in [9.17, 15) is 10.1 Å². The van der Waals surface area contributed by atoms with Gasteiger partial charge in [-0.1, -0.05) is 34.1 Å². The molecular weight excluding hydrogens is 370 g/mol. The molecule has 6 heteroatoms. The SMILES string of the molecule is O=[N+]([O-])c1ccccc1CC(Br)c1cc2c(s1)CCSC2. The third-order valence-corrected chi connectivity index (χ3v) is 7.02. The number of nitrogens with zero attached hydrogens (tertiary/aromatic N) is 1. The Morgan fingerprint density at radius 2 is 2.19 bits per heavy atom. The van der Waals surface area contributed by atoms with E-state index in [1.807, 2.05) is 35.2 Å². The van der Waals surface area contributed by atoms with Gasteiger partial charge in [0.25, 0.3) is 5.69 Å². The summed E-state index contributed by atoms with van der Waals surface area (Å²) in [5.74, 6) is 2.29. The Labute approximate surface area is 140 Å². The van der Waals surface area contributed by atoms with Gasteiger partial charge in [-0.25, -0.2) is 0 Å². The number of hydrogen-bond acceptors (Lipinski definition) is 4. The van der Waals surface area contributed by atoms with Crippen LogP contribution in [-0.4, -0.2) is 10.7 Å². The highest BCUT2D eigenvalue weighted by atomic mass is 79.9. The maximum atomic E-state index is 11.1. The third kappa shape index (κ3) is 3.33. The minimum Gasteiger partial charge on any atom is -0.258 e. The molecule has 0 saturated carbocycles. The highest BCUT2D eigenvalue weighted by molar-refractivity contribution is 9.09. The second-order valence-corrected chi connectivity index (χ2v) is 8.34. The molecule has 21 heavy (non-hydrogen) atoms. The Bertz CT molecular complexity index is 648. The van der Waals surface area contributed by atoms with Crippen LogP contribution in [0, 0.1) is 10.1 Å². The topological polar surface area (TPSA) is 43.1 Å². The number of rotatable bonds is 4. The highest BCUT2D eigenvalue weighted by Crippen LogP contribution is 2.39. The van der Waals surface area contributed by atoms with Gasteiger partial charge in [0.1, 0.15) is 0 Å². The molecule has 0 saturated heterocycles. The lowest BCUT2D eigenvalue weighted by Gasteiger charge is -2.08. The van der Waals surface area contributed by atoms with Crippen molar-refractivity contribution in [1.29, 1.82) is 0 Å². The predicted molar refractivity (Wildman–Crippen MR) is 92.7 cm³/mol. The molecule has 0 N–H and O–H groups in total. The smallest absolute Gasteiger partial charge is 0.258 e. The van der Waals surface area contributed by atoms with Crippen molar-refractivity contribution in [2.45, 2.75) is 23.4 Å². The molecule has 2 aromatic rings. The molecule has 3 rings (SSSR count). The number of thioether (sulfide) groups is 1. The number of alkyl halides is 1. The molecule has 0 bridgehead atoms. The van der Waals surface area contributed by atoms with E-state index in [-0.39, 0.29) is 15.4 Å². The Balaban J connectivity index is 1.82. The number of benzene rings is 1. The van der Waals surface area contributed by atoms with Crippen LogP contribution in [0.25, 0.3) is 0 Å². The van der Waals surface area contributed by atoms with Crippen molar-refractivity contribution in [2.24, 2.45) is 0 Å². The van der Waals surface area contributed by atoms with E-state index in [0.717, 1.165) is 17.7 Å². The molecule has 1 unspecified atom stereocenters. The fourth-order valence-electron chi connectivity index (χ4n) is 2.48. The zero-order chi connectivity index (χ0) is 14.8. The van der Waals surface area contributed by atoms with Crippen molar-refractivity contribution < 1.29 is 4.92 Å². The van der Waals surface area contributed by atoms with Crippen molar-refractivity contribution in [1.82, 2.24) is 0 Å². The van der Waals surface area contributed by atoms with Gasteiger partial charge in [0.15, 0.2) is 0 Å². The number of fused-ring (bicyclic) bond motifs is 1. The summed E-state index contributed by atoms with van der Waals surface area (Å²) in [5.41, 5.74) is 2.43. The standard InChI is InChI=1S/C15H14BrNO2S2/c16-12(7-10-3-1-2-4-13(10)17(18)19)15-8-11-9-20-6-5-14(11)21-15/h1-4,8,12H,5-7,9H2. The molecule has 1 aliphatic rings. The molecule has 3 nitrogen and oxygen atoms in total. The van der Waals surface area contributed by atoms with Crippen molar-refractivity contribution in [3.8, 4) is 0 Å².